The van der Waals surface area contributed by atoms with Gasteiger partial charge in [-0.2, -0.15) is 0 Å². The number of hydrogen-bond acceptors (Lipinski definition) is 2. The van der Waals surface area contributed by atoms with Crippen LogP contribution in [-0.4, -0.2) is 29.9 Å². The van der Waals surface area contributed by atoms with Crippen LogP contribution >= 0.6 is 0 Å². The van der Waals surface area contributed by atoms with Gasteiger partial charge in [0.1, 0.15) is 5.82 Å². The predicted octanol–water partition coefficient (Wildman–Crippen LogP) is 2.17. The molecule has 98 valence electrons. The molecule has 1 aromatic carbocycles. The minimum absolute atomic E-state index is 0.00634. The largest absolute Gasteiger partial charge is 0.336 e. The van der Waals surface area contributed by atoms with Crippen molar-refractivity contribution in [1.29, 1.82) is 0 Å². The molecule has 0 spiro atoms. The maximum atomic E-state index is 12.8. The summed E-state index contributed by atoms with van der Waals surface area (Å²) in [6.07, 6.45) is 4.12. The van der Waals surface area contributed by atoms with Crippen LogP contribution in [0.4, 0.5) is 4.39 Å². The lowest BCUT2D eigenvalue weighted by atomic mass is 9.90. The Balaban J connectivity index is 2.08. The third-order valence-corrected chi connectivity index (χ3v) is 3.47. The molecule has 0 unspecified atom stereocenters. The van der Waals surface area contributed by atoms with Gasteiger partial charge in [-0.25, -0.2) is 4.39 Å². The van der Waals surface area contributed by atoms with Crippen LogP contribution < -0.4 is 5.73 Å². The Morgan fingerprint density at radius 2 is 2.00 bits per heavy atom. The van der Waals surface area contributed by atoms with Gasteiger partial charge in [0.2, 0.25) is 0 Å². The summed E-state index contributed by atoms with van der Waals surface area (Å²) in [7, 11) is 0. The summed E-state index contributed by atoms with van der Waals surface area (Å²) in [6, 6.07) is 6.09. The first-order chi connectivity index (χ1) is 8.72. The van der Waals surface area contributed by atoms with Crippen LogP contribution in [0.5, 0.6) is 0 Å². The second-order valence-electron chi connectivity index (χ2n) is 4.73. The number of nitrogens with two attached hydrogens (primary N) is 1. The standard InChI is InChI=1S/C14H19FN2O/c15-12-7-5-11(6-8-12)14(18)17(10-2-9-16)13-3-1-4-13/h5-8,13H,1-4,9-10,16H2. The molecular formula is C14H19FN2O. The van der Waals surface area contributed by atoms with Crippen molar-refractivity contribution < 1.29 is 9.18 Å². The van der Waals surface area contributed by atoms with Crippen molar-refractivity contribution in [2.45, 2.75) is 31.7 Å². The van der Waals surface area contributed by atoms with E-state index in [1.54, 1.807) is 12.1 Å². The molecule has 0 radical (unpaired) electrons. The van der Waals surface area contributed by atoms with E-state index < -0.39 is 0 Å². The molecule has 0 saturated heterocycles. The number of benzene rings is 1. The lowest BCUT2D eigenvalue weighted by molar-refractivity contribution is 0.0578. The number of carbonyl (C=O) groups excluding carboxylic acids is 1. The average Bonchev–Trinajstić information content (AvgIpc) is 2.32. The monoisotopic (exact) mass is 250 g/mol. The molecule has 1 fully saturated rings. The zero-order chi connectivity index (χ0) is 13.0. The molecule has 4 heteroatoms. The highest BCUT2D eigenvalue weighted by Crippen LogP contribution is 2.26. The Morgan fingerprint density at radius 3 is 2.50 bits per heavy atom. The van der Waals surface area contributed by atoms with Crippen LogP contribution in [0.3, 0.4) is 0 Å². The summed E-state index contributed by atoms with van der Waals surface area (Å²) in [6.45, 7) is 1.28. The Bertz CT molecular complexity index is 401. The van der Waals surface area contributed by atoms with Crippen molar-refractivity contribution in [3.8, 4) is 0 Å². The normalized spacial score (nSPS) is 15.2. The second kappa shape index (κ2) is 5.96. The second-order valence-corrected chi connectivity index (χ2v) is 4.73. The molecule has 1 amide bonds. The van der Waals surface area contributed by atoms with Crippen LogP contribution in [0, 0.1) is 5.82 Å². The third-order valence-electron chi connectivity index (χ3n) is 3.47. The van der Waals surface area contributed by atoms with E-state index >= 15 is 0 Å². The summed E-state index contributed by atoms with van der Waals surface area (Å²) in [5, 5.41) is 0. The van der Waals surface area contributed by atoms with Gasteiger partial charge >= 0.3 is 0 Å². The highest BCUT2D eigenvalue weighted by Gasteiger charge is 2.28. The number of hydrogen-bond donors (Lipinski definition) is 1. The number of rotatable bonds is 5. The molecule has 3 nitrogen and oxygen atoms in total. The van der Waals surface area contributed by atoms with Crippen molar-refractivity contribution in [1.82, 2.24) is 4.90 Å². The lowest BCUT2D eigenvalue weighted by Crippen LogP contribution is -2.45. The van der Waals surface area contributed by atoms with Crippen LogP contribution in [0.2, 0.25) is 0 Å². The van der Waals surface area contributed by atoms with Gasteiger partial charge < -0.3 is 10.6 Å². The summed E-state index contributed by atoms with van der Waals surface area (Å²) in [5.74, 6) is -0.322. The first-order valence-corrected chi connectivity index (χ1v) is 6.49. The average molecular weight is 250 g/mol. The van der Waals surface area contributed by atoms with E-state index in [0.29, 0.717) is 24.7 Å². The first kappa shape index (κ1) is 13.0. The van der Waals surface area contributed by atoms with Gasteiger partial charge in [-0.15, -0.1) is 0 Å². The summed E-state index contributed by atoms with van der Waals surface area (Å²) < 4.78 is 12.8. The molecule has 0 atom stereocenters. The van der Waals surface area contributed by atoms with Gasteiger partial charge in [0.05, 0.1) is 0 Å². The molecule has 18 heavy (non-hydrogen) atoms. The van der Waals surface area contributed by atoms with E-state index in [4.69, 9.17) is 5.73 Å². The fourth-order valence-electron chi connectivity index (χ4n) is 2.17. The van der Waals surface area contributed by atoms with E-state index in [9.17, 15) is 9.18 Å². The van der Waals surface area contributed by atoms with Crippen LogP contribution in [-0.2, 0) is 0 Å². The van der Waals surface area contributed by atoms with Crippen LogP contribution in [0.1, 0.15) is 36.0 Å². The molecule has 2 rings (SSSR count). The molecule has 0 aliphatic heterocycles. The third kappa shape index (κ3) is 2.88. The molecule has 0 aromatic heterocycles. The minimum atomic E-state index is -0.316. The van der Waals surface area contributed by atoms with Gasteiger partial charge in [0, 0.05) is 18.2 Å². The van der Waals surface area contributed by atoms with Crippen molar-refractivity contribution in [2.24, 2.45) is 5.73 Å². The van der Waals surface area contributed by atoms with Crippen molar-refractivity contribution in [3.05, 3.63) is 35.6 Å². The Labute approximate surface area is 107 Å². The molecule has 1 aliphatic rings. The molecular weight excluding hydrogens is 231 g/mol. The Hall–Kier alpha value is -1.42. The zero-order valence-electron chi connectivity index (χ0n) is 10.4. The quantitative estimate of drug-likeness (QED) is 0.870. The fraction of sp³-hybridized carbons (Fsp3) is 0.500. The predicted molar refractivity (Wildman–Crippen MR) is 68.7 cm³/mol. The molecule has 2 N–H and O–H groups in total. The number of nitrogens with zero attached hydrogens (tertiary/aromatic N) is 1. The summed E-state index contributed by atoms with van der Waals surface area (Å²) >= 11 is 0. The Kier molecular flexibility index (Phi) is 4.31. The smallest absolute Gasteiger partial charge is 0.254 e. The first-order valence-electron chi connectivity index (χ1n) is 6.49. The van der Waals surface area contributed by atoms with Gasteiger partial charge in [0.15, 0.2) is 0 Å². The summed E-state index contributed by atoms with van der Waals surface area (Å²) in [4.78, 5) is 14.3. The van der Waals surface area contributed by atoms with Gasteiger partial charge in [-0.1, -0.05) is 0 Å². The van der Waals surface area contributed by atoms with Gasteiger partial charge in [-0.05, 0) is 56.5 Å². The zero-order valence-corrected chi connectivity index (χ0v) is 10.4. The minimum Gasteiger partial charge on any atom is -0.336 e. The highest BCUT2D eigenvalue weighted by atomic mass is 19.1. The van der Waals surface area contributed by atoms with Crippen LogP contribution in [0.25, 0.3) is 0 Å². The molecule has 1 aromatic rings. The molecule has 0 bridgehead atoms. The maximum Gasteiger partial charge on any atom is 0.254 e. The van der Waals surface area contributed by atoms with Crippen molar-refractivity contribution in [2.75, 3.05) is 13.1 Å². The van der Waals surface area contributed by atoms with Gasteiger partial charge in [0.25, 0.3) is 5.91 Å². The van der Waals surface area contributed by atoms with E-state index in [-0.39, 0.29) is 11.7 Å². The highest BCUT2D eigenvalue weighted by molar-refractivity contribution is 5.94. The van der Waals surface area contributed by atoms with E-state index in [1.165, 1.54) is 18.6 Å². The van der Waals surface area contributed by atoms with Crippen molar-refractivity contribution >= 4 is 5.91 Å². The topological polar surface area (TPSA) is 46.3 Å². The summed E-state index contributed by atoms with van der Waals surface area (Å²) in [5.41, 5.74) is 6.06. The number of halogens is 1. The lowest BCUT2D eigenvalue weighted by Gasteiger charge is -2.37. The fourth-order valence-corrected chi connectivity index (χ4v) is 2.17. The Morgan fingerprint density at radius 1 is 1.33 bits per heavy atom. The van der Waals surface area contributed by atoms with Crippen LogP contribution in [0.15, 0.2) is 24.3 Å². The van der Waals surface area contributed by atoms with Crippen molar-refractivity contribution in [3.63, 3.8) is 0 Å². The molecule has 1 aliphatic carbocycles. The van der Waals surface area contributed by atoms with E-state index in [2.05, 4.69) is 0 Å². The number of carbonyl (C=O) groups is 1. The molecule has 0 heterocycles. The van der Waals surface area contributed by atoms with E-state index in [1.807, 2.05) is 4.90 Å². The van der Waals surface area contributed by atoms with Gasteiger partial charge in [-0.3, -0.25) is 4.79 Å². The number of amides is 1. The maximum absolute atomic E-state index is 12.8. The SMILES string of the molecule is NCCCN(C(=O)c1ccc(F)cc1)C1CCC1. The molecule has 1 saturated carbocycles. The van der Waals surface area contributed by atoms with E-state index in [0.717, 1.165) is 19.3 Å².